The maximum atomic E-state index is 12.3. The van der Waals surface area contributed by atoms with Gasteiger partial charge < -0.3 is 14.8 Å². The van der Waals surface area contributed by atoms with Crippen LogP contribution in [-0.4, -0.2) is 30.8 Å². The lowest BCUT2D eigenvalue weighted by Crippen LogP contribution is -2.53. The average Bonchev–Trinajstić information content (AvgIpc) is 2.92. The predicted molar refractivity (Wildman–Crippen MR) is 81.1 cm³/mol. The molecule has 0 atom stereocenters. The molecule has 1 rings (SSSR count). The SMILES string of the molecule is CCCCCCCOC(=O)C1(NC(=O)OCC)CCCC1. The molecule has 0 unspecified atom stereocenters. The van der Waals surface area contributed by atoms with Crippen LogP contribution in [0.25, 0.3) is 0 Å². The van der Waals surface area contributed by atoms with Crippen LogP contribution < -0.4 is 5.32 Å². The zero-order chi connectivity index (χ0) is 15.6. The molecule has 1 aliphatic rings. The normalized spacial score (nSPS) is 16.5. The molecule has 1 amide bonds. The second-order valence-corrected chi connectivity index (χ2v) is 5.68. The van der Waals surface area contributed by atoms with Crippen LogP contribution in [0.3, 0.4) is 0 Å². The van der Waals surface area contributed by atoms with E-state index in [1.807, 2.05) is 0 Å². The molecule has 0 spiro atoms. The van der Waals surface area contributed by atoms with Crippen molar-refractivity contribution in [3.8, 4) is 0 Å². The Bertz CT molecular complexity index is 324. The van der Waals surface area contributed by atoms with Gasteiger partial charge in [-0.15, -0.1) is 0 Å². The van der Waals surface area contributed by atoms with Crippen molar-refractivity contribution >= 4 is 12.1 Å². The largest absolute Gasteiger partial charge is 0.464 e. The van der Waals surface area contributed by atoms with Crippen molar-refractivity contribution in [2.24, 2.45) is 0 Å². The van der Waals surface area contributed by atoms with E-state index in [0.29, 0.717) is 26.1 Å². The molecule has 5 nitrogen and oxygen atoms in total. The molecule has 1 saturated carbocycles. The number of carbonyl (C=O) groups excluding carboxylic acids is 2. The lowest BCUT2D eigenvalue weighted by Gasteiger charge is -2.27. The van der Waals surface area contributed by atoms with Crippen molar-refractivity contribution in [3.63, 3.8) is 0 Å². The van der Waals surface area contributed by atoms with Crippen molar-refractivity contribution in [1.29, 1.82) is 0 Å². The minimum Gasteiger partial charge on any atom is -0.464 e. The molecule has 0 saturated heterocycles. The lowest BCUT2D eigenvalue weighted by atomic mass is 9.98. The number of unbranched alkanes of at least 4 members (excludes halogenated alkanes) is 4. The summed E-state index contributed by atoms with van der Waals surface area (Å²) >= 11 is 0. The molecular weight excluding hydrogens is 270 g/mol. The highest BCUT2D eigenvalue weighted by molar-refractivity contribution is 5.86. The summed E-state index contributed by atoms with van der Waals surface area (Å²) in [5.41, 5.74) is -0.865. The van der Waals surface area contributed by atoms with Gasteiger partial charge in [-0.1, -0.05) is 45.4 Å². The van der Waals surface area contributed by atoms with E-state index in [1.54, 1.807) is 6.92 Å². The second kappa shape index (κ2) is 9.64. The number of hydrogen-bond donors (Lipinski definition) is 1. The molecule has 0 aromatic carbocycles. The molecule has 1 fully saturated rings. The third-order valence-electron chi connectivity index (χ3n) is 3.95. The summed E-state index contributed by atoms with van der Waals surface area (Å²) in [5, 5.41) is 2.72. The van der Waals surface area contributed by atoms with Gasteiger partial charge >= 0.3 is 12.1 Å². The Morgan fingerprint density at radius 1 is 1.00 bits per heavy atom. The molecule has 1 N–H and O–H groups in total. The Hall–Kier alpha value is -1.26. The van der Waals surface area contributed by atoms with Gasteiger partial charge in [0.05, 0.1) is 13.2 Å². The fourth-order valence-electron chi connectivity index (χ4n) is 2.73. The van der Waals surface area contributed by atoms with E-state index < -0.39 is 11.6 Å². The topological polar surface area (TPSA) is 64.6 Å². The quantitative estimate of drug-likeness (QED) is 0.522. The number of carbonyl (C=O) groups is 2. The average molecular weight is 299 g/mol. The standard InChI is InChI=1S/C16H29NO4/c1-3-5-6-7-10-13-21-14(18)16(11-8-9-12-16)17-15(19)20-4-2/h3-13H2,1-2H3,(H,17,19). The van der Waals surface area contributed by atoms with Crippen LogP contribution in [0.2, 0.25) is 0 Å². The van der Waals surface area contributed by atoms with Gasteiger partial charge in [0.15, 0.2) is 0 Å². The third kappa shape index (κ3) is 5.94. The highest BCUT2D eigenvalue weighted by Gasteiger charge is 2.44. The summed E-state index contributed by atoms with van der Waals surface area (Å²) in [6, 6.07) is 0. The molecule has 0 aliphatic heterocycles. The van der Waals surface area contributed by atoms with Gasteiger partial charge in [-0.2, -0.15) is 0 Å². The Kier molecular flexibility index (Phi) is 8.16. The highest BCUT2D eigenvalue weighted by atomic mass is 16.6. The van der Waals surface area contributed by atoms with E-state index in [0.717, 1.165) is 25.7 Å². The van der Waals surface area contributed by atoms with Gasteiger partial charge in [-0.3, -0.25) is 0 Å². The van der Waals surface area contributed by atoms with Crippen LogP contribution in [0.15, 0.2) is 0 Å². The predicted octanol–water partition coefficient (Wildman–Crippen LogP) is 3.56. The van der Waals surface area contributed by atoms with Gasteiger partial charge in [-0.05, 0) is 26.2 Å². The van der Waals surface area contributed by atoms with Crippen LogP contribution >= 0.6 is 0 Å². The first-order valence-corrected chi connectivity index (χ1v) is 8.27. The van der Waals surface area contributed by atoms with Crippen molar-refractivity contribution in [3.05, 3.63) is 0 Å². The van der Waals surface area contributed by atoms with Gasteiger partial charge in [0, 0.05) is 0 Å². The molecule has 1 aliphatic carbocycles. The van der Waals surface area contributed by atoms with Crippen LogP contribution in [0, 0.1) is 0 Å². The smallest absolute Gasteiger partial charge is 0.408 e. The van der Waals surface area contributed by atoms with Gasteiger partial charge in [0.25, 0.3) is 0 Å². The number of alkyl carbamates (subject to hydrolysis) is 1. The van der Waals surface area contributed by atoms with Crippen molar-refractivity contribution in [2.75, 3.05) is 13.2 Å². The second-order valence-electron chi connectivity index (χ2n) is 5.68. The molecule has 5 heteroatoms. The Labute approximate surface area is 127 Å². The molecule has 0 aromatic rings. The number of rotatable bonds is 9. The van der Waals surface area contributed by atoms with Crippen LogP contribution in [0.4, 0.5) is 4.79 Å². The first-order valence-electron chi connectivity index (χ1n) is 8.27. The Morgan fingerprint density at radius 3 is 2.29 bits per heavy atom. The first-order chi connectivity index (χ1) is 10.1. The van der Waals surface area contributed by atoms with Crippen LogP contribution in [-0.2, 0) is 14.3 Å². The summed E-state index contributed by atoms with van der Waals surface area (Å²) in [4.78, 5) is 23.9. The van der Waals surface area contributed by atoms with Crippen LogP contribution in [0.1, 0.15) is 71.6 Å². The minimum atomic E-state index is -0.865. The number of hydrogen-bond acceptors (Lipinski definition) is 4. The van der Waals surface area contributed by atoms with Gasteiger partial charge in [0.1, 0.15) is 5.54 Å². The van der Waals surface area contributed by atoms with Crippen molar-refractivity contribution in [2.45, 2.75) is 77.2 Å². The van der Waals surface area contributed by atoms with Crippen molar-refractivity contribution in [1.82, 2.24) is 5.32 Å². The van der Waals surface area contributed by atoms with E-state index in [4.69, 9.17) is 9.47 Å². The maximum Gasteiger partial charge on any atom is 0.408 e. The summed E-state index contributed by atoms with van der Waals surface area (Å²) in [5.74, 6) is -0.302. The van der Waals surface area contributed by atoms with Gasteiger partial charge in [-0.25, -0.2) is 9.59 Å². The highest BCUT2D eigenvalue weighted by Crippen LogP contribution is 2.31. The fraction of sp³-hybridized carbons (Fsp3) is 0.875. The molecular formula is C16H29NO4. The third-order valence-corrected chi connectivity index (χ3v) is 3.95. The fourth-order valence-corrected chi connectivity index (χ4v) is 2.73. The van der Waals surface area contributed by atoms with E-state index in [-0.39, 0.29) is 5.97 Å². The monoisotopic (exact) mass is 299 g/mol. The lowest BCUT2D eigenvalue weighted by molar-refractivity contribution is -0.151. The van der Waals surface area contributed by atoms with E-state index in [2.05, 4.69) is 12.2 Å². The molecule has 0 heterocycles. The van der Waals surface area contributed by atoms with E-state index >= 15 is 0 Å². The number of amides is 1. The van der Waals surface area contributed by atoms with E-state index in [9.17, 15) is 9.59 Å². The first kappa shape index (κ1) is 17.8. The number of nitrogens with one attached hydrogen (secondary N) is 1. The molecule has 21 heavy (non-hydrogen) atoms. The maximum absolute atomic E-state index is 12.3. The van der Waals surface area contributed by atoms with Gasteiger partial charge in [0.2, 0.25) is 0 Å². The summed E-state index contributed by atoms with van der Waals surface area (Å²) in [6.45, 7) is 4.66. The summed E-state index contributed by atoms with van der Waals surface area (Å²) in [7, 11) is 0. The van der Waals surface area contributed by atoms with E-state index in [1.165, 1.54) is 19.3 Å². The zero-order valence-electron chi connectivity index (χ0n) is 13.4. The molecule has 0 aromatic heterocycles. The van der Waals surface area contributed by atoms with Crippen molar-refractivity contribution < 1.29 is 19.1 Å². The van der Waals surface area contributed by atoms with Crippen LogP contribution in [0.5, 0.6) is 0 Å². The Morgan fingerprint density at radius 2 is 1.67 bits per heavy atom. The number of esters is 1. The summed E-state index contributed by atoms with van der Waals surface area (Å²) in [6.07, 6.45) is 8.19. The zero-order valence-corrected chi connectivity index (χ0v) is 13.4. The number of ether oxygens (including phenoxy) is 2. The summed E-state index contributed by atoms with van der Waals surface area (Å²) < 4.78 is 10.3. The molecule has 0 radical (unpaired) electrons. The Balaban J connectivity index is 2.37. The molecule has 122 valence electrons. The molecule has 0 bridgehead atoms. The minimum absolute atomic E-state index is 0.300.